The summed E-state index contributed by atoms with van der Waals surface area (Å²) in [5, 5.41) is 8.82. The van der Waals surface area contributed by atoms with Crippen molar-refractivity contribution in [3.05, 3.63) is 0 Å². The molecule has 0 bridgehead atoms. The Morgan fingerprint density at radius 2 is 1.64 bits per heavy atom. The summed E-state index contributed by atoms with van der Waals surface area (Å²) in [5.41, 5.74) is 0. The first-order chi connectivity index (χ1) is 6.88. The number of aliphatic hydroxyl groups is 1. The first-order valence-electron chi connectivity index (χ1n) is 5.94. The Morgan fingerprint density at radius 1 is 1.00 bits per heavy atom. The van der Waals surface area contributed by atoms with E-state index >= 15 is 0 Å². The maximum absolute atomic E-state index is 8.82. The zero-order valence-corrected chi connectivity index (χ0v) is 8.99. The van der Waals surface area contributed by atoms with Crippen LogP contribution in [0.5, 0.6) is 0 Å². The van der Waals surface area contributed by atoms with Crippen molar-refractivity contribution in [1.82, 2.24) is 9.80 Å². The van der Waals surface area contributed by atoms with E-state index in [0.29, 0.717) is 6.61 Å². The highest BCUT2D eigenvalue weighted by Crippen LogP contribution is 2.27. The molecule has 14 heavy (non-hydrogen) atoms. The molecule has 0 radical (unpaired) electrons. The van der Waals surface area contributed by atoms with Gasteiger partial charge in [0.15, 0.2) is 0 Å². The van der Waals surface area contributed by atoms with Gasteiger partial charge in [0.2, 0.25) is 0 Å². The van der Waals surface area contributed by atoms with Gasteiger partial charge in [0.1, 0.15) is 0 Å². The highest BCUT2D eigenvalue weighted by Gasteiger charge is 2.23. The largest absolute Gasteiger partial charge is 0.395 e. The summed E-state index contributed by atoms with van der Waals surface area (Å²) in [6, 6.07) is 0. The molecule has 0 spiro atoms. The molecule has 0 aromatic heterocycles. The second-order valence-corrected chi connectivity index (χ2v) is 4.66. The van der Waals surface area contributed by atoms with Crippen LogP contribution in [0.15, 0.2) is 0 Å². The van der Waals surface area contributed by atoms with Crippen molar-refractivity contribution in [2.24, 2.45) is 5.92 Å². The molecule has 0 unspecified atom stereocenters. The van der Waals surface area contributed by atoms with Crippen molar-refractivity contribution >= 4 is 0 Å². The lowest BCUT2D eigenvalue weighted by Crippen LogP contribution is -2.48. The van der Waals surface area contributed by atoms with E-state index in [9.17, 15) is 0 Å². The molecule has 0 amide bonds. The third-order valence-corrected chi connectivity index (χ3v) is 3.62. The van der Waals surface area contributed by atoms with Crippen LogP contribution in [0.25, 0.3) is 0 Å². The van der Waals surface area contributed by atoms with Crippen LogP contribution in [0.2, 0.25) is 0 Å². The molecule has 1 aliphatic carbocycles. The minimum Gasteiger partial charge on any atom is -0.395 e. The molecule has 1 heterocycles. The third-order valence-electron chi connectivity index (χ3n) is 3.62. The van der Waals surface area contributed by atoms with E-state index in [0.717, 1.165) is 25.6 Å². The number of hydrogen-bond acceptors (Lipinski definition) is 3. The summed E-state index contributed by atoms with van der Waals surface area (Å²) in [5.74, 6) is 0.999. The lowest BCUT2D eigenvalue weighted by atomic mass is 9.85. The van der Waals surface area contributed by atoms with Gasteiger partial charge in [-0.05, 0) is 18.8 Å². The normalized spacial score (nSPS) is 26.4. The zero-order chi connectivity index (χ0) is 9.80. The zero-order valence-electron chi connectivity index (χ0n) is 8.99. The smallest absolute Gasteiger partial charge is 0.0558 e. The van der Waals surface area contributed by atoms with Crippen molar-refractivity contribution < 1.29 is 5.11 Å². The summed E-state index contributed by atoms with van der Waals surface area (Å²) in [4.78, 5) is 4.95. The number of aliphatic hydroxyl groups excluding tert-OH is 1. The minimum absolute atomic E-state index is 0.308. The van der Waals surface area contributed by atoms with Crippen LogP contribution in [0, 0.1) is 5.92 Å². The molecule has 2 aliphatic rings. The van der Waals surface area contributed by atoms with E-state index in [2.05, 4.69) is 9.80 Å². The number of rotatable bonds is 4. The molecule has 2 fully saturated rings. The van der Waals surface area contributed by atoms with E-state index in [-0.39, 0.29) is 0 Å². The Hall–Kier alpha value is -0.120. The molecule has 0 aromatic rings. The van der Waals surface area contributed by atoms with Crippen LogP contribution in [0.3, 0.4) is 0 Å². The molecule has 2 rings (SSSR count). The predicted octanol–water partition coefficient (Wildman–Crippen LogP) is 0.396. The summed E-state index contributed by atoms with van der Waals surface area (Å²) >= 11 is 0. The highest BCUT2D eigenvalue weighted by molar-refractivity contribution is 4.77. The fraction of sp³-hybridized carbons (Fsp3) is 1.00. The van der Waals surface area contributed by atoms with Crippen molar-refractivity contribution in [3.63, 3.8) is 0 Å². The Kier molecular flexibility index (Phi) is 3.79. The molecule has 82 valence electrons. The maximum atomic E-state index is 8.82. The quantitative estimate of drug-likeness (QED) is 0.708. The molecule has 0 atom stereocenters. The van der Waals surface area contributed by atoms with Gasteiger partial charge in [-0.25, -0.2) is 0 Å². The SMILES string of the molecule is OCCN1CCN(CC2CCC2)CC1. The third kappa shape index (κ3) is 2.69. The van der Waals surface area contributed by atoms with E-state index in [1.54, 1.807) is 0 Å². The summed E-state index contributed by atoms with van der Waals surface area (Å²) in [6.45, 7) is 7.19. The van der Waals surface area contributed by atoms with Crippen LogP contribution in [0.4, 0.5) is 0 Å². The van der Waals surface area contributed by atoms with Crippen molar-refractivity contribution in [2.45, 2.75) is 19.3 Å². The second-order valence-electron chi connectivity index (χ2n) is 4.66. The number of nitrogens with zero attached hydrogens (tertiary/aromatic N) is 2. The molecule has 1 saturated carbocycles. The van der Waals surface area contributed by atoms with Gasteiger partial charge in [0.05, 0.1) is 6.61 Å². The molecule has 3 heteroatoms. The average Bonchev–Trinajstić information content (AvgIpc) is 2.14. The highest BCUT2D eigenvalue weighted by atomic mass is 16.3. The Bertz CT molecular complexity index is 163. The van der Waals surface area contributed by atoms with Gasteiger partial charge in [-0.2, -0.15) is 0 Å². The number of hydrogen-bond donors (Lipinski definition) is 1. The van der Waals surface area contributed by atoms with Crippen LogP contribution < -0.4 is 0 Å². The van der Waals surface area contributed by atoms with Gasteiger partial charge in [-0.15, -0.1) is 0 Å². The lowest BCUT2D eigenvalue weighted by Gasteiger charge is -2.38. The van der Waals surface area contributed by atoms with Crippen LogP contribution in [0.1, 0.15) is 19.3 Å². The fourth-order valence-electron chi connectivity index (χ4n) is 2.38. The average molecular weight is 198 g/mol. The van der Waals surface area contributed by atoms with E-state index in [4.69, 9.17) is 5.11 Å². The number of β-amino-alcohol motifs (C(OH)–C–C–N with tert-alkyl or cyclic N) is 1. The van der Waals surface area contributed by atoms with Crippen molar-refractivity contribution in [3.8, 4) is 0 Å². The topological polar surface area (TPSA) is 26.7 Å². The molecule has 3 nitrogen and oxygen atoms in total. The Morgan fingerprint density at radius 3 is 2.14 bits per heavy atom. The predicted molar refractivity (Wildman–Crippen MR) is 57.3 cm³/mol. The van der Waals surface area contributed by atoms with E-state index in [1.165, 1.54) is 38.9 Å². The lowest BCUT2D eigenvalue weighted by molar-refractivity contribution is 0.0887. The standard InChI is InChI=1S/C11H22N2O/c14-9-8-12-4-6-13(7-5-12)10-11-2-1-3-11/h11,14H,1-10H2. The van der Waals surface area contributed by atoms with Gasteiger partial charge in [-0.3, -0.25) is 4.90 Å². The van der Waals surface area contributed by atoms with Crippen LogP contribution in [-0.4, -0.2) is 60.8 Å². The number of piperazine rings is 1. The molecular formula is C11H22N2O. The van der Waals surface area contributed by atoms with E-state index < -0.39 is 0 Å². The molecule has 1 aliphatic heterocycles. The monoisotopic (exact) mass is 198 g/mol. The first kappa shape index (κ1) is 10.4. The first-order valence-corrected chi connectivity index (χ1v) is 5.94. The van der Waals surface area contributed by atoms with Crippen molar-refractivity contribution in [1.29, 1.82) is 0 Å². The van der Waals surface area contributed by atoms with Gasteiger partial charge in [-0.1, -0.05) is 6.42 Å². The summed E-state index contributed by atoms with van der Waals surface area (Å²) < 4.78 is 0. The Balaban J connectivity index is 1.62. The Labute approximate surface area is 86.7 Å². The summed E-state index contributed by atoms with van der Waals surface area (Å²) in [7, 11) is 0. The van der Waals surface area contributed by atoms with Gasteiger partial charge in [0, 0.05) is 39.3 Å². The molecule has 0 aromatic carbocycles. The van der Waals surface area contributed by atoms with Gasteiger partial charge >= 0.3 is 0 Å². The second kappa shape index (κ2) is 5.10. The van der Waals surface area contributed by atoms with E-state index in [1.807, 2.05) is 0 Å². The minimum atomic E-state index is 0.308. The maximum Gasteiger partial charge on any atom is 0.0558 e. The molecule has 1 saturated heterocycles. The molecular weight excluding hydrogens is 176 g/mol. The fourth-order valence-corrected chi connectivity index (χ4v) is 2.38. The van der Waals surface area contributed by atoms with Crippen LogP contribution >= 0.6 is 0 Å². The van der Waals surface area contributed by atoms with Crippen molar-refractivity contribution in [2.75, 3.05) is 45.9 Å². The molecule has 1 N–H and O–H groups in total. The van der Waals surface area contributed by atoms with Gasteiger partial charge < -0.3 is 10.0 Å². The summed E-state index contributed by atoms with van der Waals surface area (Å²) in [6.07, 6.45) is 4.36. The van der Waals surface area contributed by atoms with Crippen LogP contribution in [-0.2, 0) is 0 Å². The van der Waals surface area contributed by atoms with Gasteiger partial charge in [0.25, 0.3) is 0 Å².